The summed E-state index contributed by atoms with van der Waals surface area (Å²) in [7, 11) is 0. The molecule has 1 saturated heterocycles. The zero-order chi connectivity index (χ0) is 12.3. The van der Waals surface area contributed by atoms with Gasteiger partial charge in [0.1, 0.15) is 0 Å². The number of rotatable bonds is 4. The van der Waals surface area contributed by atoms with Gasteiger partial charge in [0.2, 0.25) is 5.91 Å². The van der Waals surface area contributed by atoms with Gasteiger partial charge in [-0.25, -0.2) is 0 Å². The van der Waals surface area contributed by atoms with Gasteiger partial charge in [-0.1, -0.05) is 6.92 Å². The van der Waals surface area contributed by atoms with Gasteiger partial charge in [-0.05, 0) is 32.6 Å². The molecule has 0 bridgehead atoms. The van der Waals surface area contributed by atoms with E-state index in [1.807, 2.05) is 4.90 Å². The van der Waals surface area contributed by atoms with Crippen LogP contribution in [0.4, 0.5) is 0 Å². The lowest BCUT2D eigenvalue weighted by Gasteiger charge is -2.38. The fourth-order valence-electron chi connectivity index (χ4n) is 2.74. The molecule has 3 atom stereocenters. The number of carbonyl (C=O) groups excluding carboxylic acids is 1. The van der Waals surface area contributed by atoms with Crippen LogP contribution < -0.4 is 5.32 Å². The molecule has 0 aromatic rings. The number of carbonyl (C=O) groups is 1. The zero-order valence-corrected chi connectivity index (χ0v) is 10.9. The highest BCUT2D eigenvalue weighted by molar-refractivity contribution is 5.78. The second-order valence-corrected chi connectivity index (χ2v) is 5.18. The fourth-order valence-corrected chi connectivity index (χ4v) is 2.74. The molecule has 0 radical (unpaired) electrons. The van der Waals surface area contributed by atoms with Crippen molar-refractivity contribution in [3.8, 4) is 0 Å². The summed E-state index contributed by atoms with van der Waals surface area (Å²) >= 11 is 0. The van der Waals surface area contributed by atoms with E-state index in [0.29, 0.717) is 31.3 Å². The van der Waals surface area contributed by atoms with Crippen LogP contribution in [-0.4, -0.2) is 48.7 Å². The SMILES string of the molecule is CCC(C)NCC(=O)N1CCOC2CCCC21. The fraction of sp³-hybridized carbons (Fsp3) is 0.923. The van der Waals surface area contributed by atoms with Crippen molar-refractivity contribution in [2.24, 2.45) is 0 Å². The summed E-state index contributed by atoms with van der Waals surface area (Å²) in [5.74, 6) is 0.241. The first-order valence-electron chi connectivity index (χ1n) is 6.86. The number of morpholine rings is 1. The first kappa shape index (κ1) is 12.8. The first-order chi connectivity index (χ1) is 8.22. The molecule has 0 spiro atoms. The number of fused-ring (bicyclic) bond motifs is 1. The Kier molecular flexibility index (Phi) is 4.40. The lowest BCUT2D eigenvalue weighted by atomic mass is 10.1. The number of nitrogens with zero attached hydrogens (tertiary/aromatic N) is 1. The third kappa shape index (κ3) is 2.99. The van der Waals surface area contributed by atoms with Crippen molar-refractivity contribution in [1.82, 2.24) is 10.2 Å². The Hall–Kier alpha value is -0.610. The van der Waals surface area contributed by atoms with Crippen LogP contribution in [0.5, 0.6) is 0 Å². The largest absolute Gasteiger partial charge is 0.374 e. The second kappa shape index (κ2) is 5.83. The van der Waals surface area contributed by atoms with Gasteiger partial charge in [-0.15, -0.1) is 0 Å². The lowest BCUT2D eigenvalue weighted by molar-refractivity contribution is -0.143. The zero-order valence-electron chi connectivity index (χ0n) is 10.9. The topological polar surface area (TPSA) is 41.6 Å². The Morgan fingerprint density at radius 2 is 2.35 bits per heavy atom. The molecular weight excluding hydrogens is 216 g/mol. The van der Waals surface area contributed by atoms with E-state index in [1.54, 1.807) is 0 Å². The Bertz CT molecular complexity index is 270. The lowest BCUT2D eigenvalue weighted by Crippen LogP contribution is -2.53. The average molecular weight is 240 g/mol. The van der Waals surface area contributed by atoms with E-state index < -0.39 is 0 Å². The third-order valence-corrected chi connectivity index (χ3v) is 4.02. The van der Waals surface area contributed by atoms with Crippen molar-refractivity contribution in [3.05, 3.63) is 0 Å². The highest BCUT2D eigenvalue weighted by Gasteiger charge is 2.37. The Balaban J connectivity index is 1.85. The number of hydrogen-bond acceptors (Lipinski definition) is 3. The van der Waals surface area contributed by atoms with Crippen molar-refractivity contribution >= 4 is 5.91 Å². The summed E-state index contributed by atoms with van der Waals surface area (Å²) in [5.41, 5.74) is 0. The molecule has 2 fully saturated rings. The van der Waals surface area contributed by atoms with Crippen LogP contribution in [-0.2, 0) is 9.53 Å². The number of hydrogen-bond donors (Lipinski definition) is 1. The summed E-state index contributed by atoms with van der Waals surface area (Å²) < 4.78 is 5.71. The van der Waals surface area contributed by atoms with Crippen LogP contribution in [0.1, 0.15) is 39.5 Å². The maximum Gasteiger partial charge on any atom is 0.236 e. The Morgan fingerprint density at radius 1 is 1.53 bits per heavy atom. The van der Waals surface area contributed by atoms with E-state index in [9.17, 15) is 4.79 Å². The molecule has 2 aliphatic rings. The summed E-state index contributed by atoms with van der Waals surface area (Å²) in [5, 5.41) is 3.28. The third-order valence-electron chi connectivity index (χ3n) is 4.02. The molecular formula is C13H24N2O2. The van der Waals surface area contributed by atoms with E-state index in [-0.39, 0.29) is 5.91 Å². The highest BCUT2D eigenvalue weighted by atomic mass is 16.5. The van der Waals surface area contributed by atoms with E-state index in [1.165, 1.54) is 6.42 Å². The van der Waals surface area contributed by atoms with Crippen molar-refractivity contribution in [1.29, 1.82) is 0 Å². The normalized spacial score (nSPS) is 30.1. The van der Waals surface area contributed by atoms with Gasteiger partial charge in [0.15, 0.2) is 0 Å². The van der Waals surface area contributed by atoms with Crippen LogP contribution in [0.3, 0.4) is 0 Å². The van der Waals surface area contributed by atoms with Gasteiger partial charge in [-0.3, -0.25) is 4.79 Å². The number of ether oxygens (including phenoxy) is 1. The summed E-state index contributed by atoms with van der Waals surface area (Å²) in [6.45, 7) is 6.19. The molecule has 3 unspecified atom stereocenters. The van der Waals surface area contributed by atoms with Crippen LogP contribution >= 0.6 is 0 Å². The smallest absolute Gasteiger partial charge is 0.236 e. The van der Waals surface area contributed by atoms with Crippen LogP contribution in [0.25, 0.3) is 0 Å². The average Bonchev–Trinajstić information content (AvgIpc) is 2.83. The van der Waals surface area contributed by atoms with Crippen LogP contribution in [0, 0.1) is 0 Å². The maximum absolute atomic E-state index is 12.2. The molecule has 17 heavy (non-hydrogen) atoms. The predicted molar refractivity (Wildman–Crippen MR) is 66.8 cm³/mol. The molecule has 4 heteroatoms. The molecule has 0 aromatic heterocycles. The quantitative estimate of drug-likeness (QED) is 0.801. The molecule has 1 aliphatic carbocycles. The first-order valence-corrected chi connectivity index (χ1v) is 6.86. The summed E-state index contributed by atoms with van der Waals surface area (Å²) in [6.07, 6.45) is 4.78. The van der Waals surface area contributed by atoms with Crippen LogP contribution in [0.15, 0.2) is 0 Å². The monoisotopic (exact) mass is 240 g/mol. The molecule has 1 saturated carbocycles. The number of amides is 1. The molecule has 1 heterocycles. The standard InChI is InChI=1S/C13H24N2O2/c1-3-10(2)14-9-13(16)15-7-8-17-12-6-4-5-11(12)15/h10-12,14H,3-9H2,1-2H3. The van der Waals surface area contributed by atoms with E-state index in [2.05, 4.69) is 19.2 Å². The Labute approximate surface area is 104 Å². The van der Waals surface area contributed by atoms with Gasteiger partial charge >= 0.3 is 0 Å². The van der Waals surface area contributed by atoms with E-state index in [4.69, 9.17) is 4.74 Å². The molecule has 4 nitrogen and oxygen atoms in total. The summed E-state index contributed by atoms with van der Waals surface area (Å²) in [4.78, 5) is 14.2. The van der Waals surface area contributed by atoms with E-state index >= 15 is 0 Å². The van der Waals surface area contributed by atoms with Gasteiger partial charge in [0.25, 0.3) is 0 Å². The molecule has 1 N–H and O–H groups in total. The van der Waals surface area contributed by atoms with Gasteiger partial charge < -0.3 is 15.0 Å². The van der Waals surface area contributed by atoms with Crippen molar-refractivity contribution in [2.45, 2.75) is 57.7 Å². The van der Waals surface area contributed by atoms with Crippen LogP contribution in [0.2, 0.25) is 0 Å². The maximum atomic E-state index is 12.2. The molecule has 2 rings (SSSR count). The molecule has 98 valence electrons. The van der Waals surface area contributed by atoms with E-state index in [0.717, 1.165) is 25.8 Å². The highest BCUT2D eigenvalue weighted by Crippen LogP contribution is 2.29. The molecule has 0 aromatic carbocycles. The minimum absolute atomic E-state index is 0.241. The number of nitrogens with one attached hydrogen (secondary N) is 1. The predicted octanol–water partition coefficient (Wildman–Crippen LogP) is 1.15. The van der Waals surface area contributed by atoms with Gasteiger partial charge in [0.05, 0.1) is 25.3 Å². The van der Waals surface area contributed by atoms with Crippen molar-refractivity contribution in [2.75, 3.05) is 19.7 Å². The minimum Gasteiger partial charge on any atom is -0.374 e. The Morgan fingerprint density at radius 3 is 3.12 bits per heavy atom. The molecule has 1 amide bonds. The minimum atomic E-state index is 0.241. The molecule has 1 aliphatic heterocycles. The van der Waals surface area contributed by atoms with Crippen molar-refractivity contribution < 1.29 is 9.53 Å². The van der Waals surface area contributed by atoms with Gasteiger partial charge in [-0.2, -0.15) is 0 Å². The summed E-state index contributed by atoms with van der Waals surface area (Å²) in [6, 6.07) is 0.759. The van der Waals surface area contributed by atoms with Crippen molar-refractivity contribution in [3.63, 3.8) is 0 Å². The second-order valence-electron chi connectivity index (χ2n) is 5.18. The van der Waals surface area contributed by atoms with Gasteiger partial charge in [0, 0.05) is 12.6 Å².